The molecule has 4 aromatic rings. The number of phenolic OH excluding ortho intramolecular Hbond substituents is 1. The first-order valence-electron chi connectivity index (χ1n) is 8.89. The van der Waals surface area contributed by atoms with Gasteiger partial charge in [-0.2, -0.15) is 0 Å². The van der Waals surface area contributed by atoms with Crippen LogP contribution in [0.25, 0.3) is 22.3 Å². The van der Waals surface area contributed by atoms with Gasteiger partial charge in [-0.1, -0.05) is 22.9 Å². The molecule has 2 heterocycles. The van der Waals surface area contributed by atoms with Crippen molar-refractivity contribution in [3.05, 3.63) is 68.1 Å². The van der Waals surface area contributed by atoms with E-state index >= 15 is 0 Å². The molecule has 0 spiro atoms. The Morgan fingerprint density at radius 1 is 1.30 bits per heavy atom. The average molecular weight is 447 g/mol. The van der Waals surface area contributed by atoms with Gasteiger partial charge in [-0.05, 0) is 48.0 Å². The number of thiazole rings is 1. The van der Waals surface area contributed by atoms with E-state index in [-0.39, 0.29) is 28.7 Å². The van der Waals surface area contributed by atoms with Crippen molar-refractivity contribution < 1.29 is 19.0 Å². The van der Waals surface area contributed by atoms with Gasteiger partial charge >= 0.3 is 0 Å². The van der Waals surface area contributed by atoms with Crippen molar-refractivity contribution >= 4 is 34.0 Å². The van der Waals surface area contributed by atoms with Crippen molar-refractivity contribution in [1.82, 2.24) is 9.38 Å². The molecule has 0 bridgehead atoms. The van der Waals surface area contributed by atoms with E-state index in [0.717, 1.165) is 5.56 Å². The van der Waals surface area contributed by atoms with Crippen molar-refractivity contribution in [3.63, 3.8) is 0 Å². The molecule has 0 aliphatic heterocycles. The number of phenols is 1. The molecule has 0 radical (unpaired) electrons. The maximum absolute atomic E-state index is 12.8. The molecule has 2 aromatic heterocycles. The highest BCUT2D eigenvalue weighted by Gasteiger charge is 2.12. The van der Waals surface area contributed by atoms with Crippen molar-refractivity contribution in [1.29, 1.82) is 0 Å². The Kier molecular flexibility index (Phi) is 5.61. The Bertz CT molecular complexity index is 1320. The van der Waals surface area contributed by atoms with Crippen LogP contribution in [0.2, 0.25) is 5.02 Å². The molecular formula is C21H16ClFN2O4S. The van der Waals surface area contributed by atoms with Gasteiger partial charge < -0.3 is 14.6 Å². The van der Waals surface area contributed by atoms with Crippen LogP contribution in [0, 0.1) is 0 Å². The molecule has 0 fully saturated rings. The SMILES string of the molecule is COc1cc(C=c2sc3nc(-c4ccc(OCCF)cc4)cn3c2=O)cc(Cl)c1O. The number of methoxy groups -OCH3 is 1. The van der Waals surface area contributed by atoms with Gasteiger partial charge in [0, 0.05) is 11.8 Å². The summed E-state index contributed by atoms with van der Waals surface area (Å²) < 4.78 is 24.5. The number of benzene rings is 2. The zero-order chi connectivity index (χ0) is 21.3. The van der Waals surface area contributed by atoms with Crippen LogP contribution in [0.15, 0.2) is 47.4 Å². The van der Waals surface area contributed by atoms with E-state index in [0.29, 0.717) is 26.5 Å². The summed E-state index contributed by atoms with van der Waals surface area (Å²) in [7, 11) is 1.43. The van der Waals surface area contributed by atoms with Crippen molar-refractivity contribution in [2.75, 3.05) is 20.4 Å². The Morgan fingerprint density at radius 3 is 2.73 bits per heavy atom. The van der Waals surface area contributed by atoms with E-state index < -0.39 is 6.67 Å². The fourth-order valence-electron chi connectivity index (χ4n) is 2.93. The van der Waals surface area contributed by atoms with Gasteiger partial charge in [0.15, 0.2) is 16.5 Å². The van der Waals surface area contributed by atoms with Crippen LogP contribution in [0.1, 0.15) is 5.56 Å². The second-order valence-corrected chi connectivity index (χ2v) is 7.73. The van der Waals surface area contributed by atoms with Crippen molar-refractivity contribution in [2.24, 2.45) is 0 Å². The number of halogens is 2. The molecule has 6 nitrogen and oxygen atoms in total. The Balaban J connectivity index is 1.68. The van der Waals surface area contributed by atoms with Crippen molar-refractivity contribution in [2.45, 2.75) is 0 Å². The van der Waals surface area contributed by atoms with E-state index in [2.05, 4.69) is 4.98 Å². The van der Waals surface area contributed by atoms with Crippen LogP contribution >= 0.6 is 22.9 Å². The van der Waals surface area contributed by atoms with Gasteiger partial charge in [0.25, 0.3) is 5.56 Å². The molecule has 0 aliphatic carbocycles. The molecule has 154 valence electrons. The molecule has 0 unspecified atom stereocenters. The van der Waals surface area contributed by atoms with E-state index in [4.69, 9.17) is 21.1 Å². The maximum Gasteiger partial charge on any atom is 0.274 e. The van der Waals surface area contributed by atoms with Gasteiger partial charge in [-0.3, -0.25) is 9.20 Å². The van der Waals surface area contributed by atoms with Gasteiger partial charge in [0.05, 0.1) is 22.4 Å². The Morgan fingerprint density at radius 2 is 2.07 bits per heavy atom. The molecule has 0 aliphatic rings. The molecule has 9 heteroatoms. The molecule has 0 amide bonds. The molecular weight excluding hydrogens is 431 g/mol. The highest BCUT2D eigenvalue weighted by Crippen LogP contribution is 2.35. The number of ether oxygens (including phenoxy) is 2. The minimum Gasteiger partial charge on any atom is -0.503 e. The topological polar surface area (TPSA) is 73.1 Å². The number of fused-ring (bicyclic) bond motifs is 1. The molecule has 0 atom stereocenters. The van der Waals surface area contributed by atoms with E-state index in [1.54, 1.807) is 36.5 Å². The summed E-state index contributed by atoms with van der Waals surface area (Å²) >= 11 is 7.26. The number of aromatic nitrogens is 2. The van der Waals surface area contributed by atoms with Crippen molar-refractivity contribution in [3.8, 4) is 28.5 Å². The van der Waals surface area contributed by atoms with Gasteiger partial charge in [-0.15, -0.1) is 0 Å². The lowest BCUT2D eigenvalue weighted by Gasteiger charge is -2.05. The van der Waals surface area contributed by atoms with Crippen LogP contribution in [0.4, 0.5) is 4.39 Å². The largest absolute Gasteiger partial charge is 0.503 e. The lowest BCUT2D eigenvalue weighted by molar-refractivity contribution is 0.273. The van der Waals surface area contributed by atoms with E-state index in [1.807, 2.05) is 12.1 Å². The lowest BCUT2D eigenvalue weighted by Crippen LogP contribution is -2.22. The zero-order valence-electron chi connectivity index (χ0n) is 15.8. The Labute approximate surface area is 179 Å². The normalized spacial score (nSPS) is 11.9. The zero-order valence-corrected chi connectivity index (χ0v) is 17.3. The first-order chi connectivity index (χ1) is 14.5. The minimum absolute atomic E-state index is 0.0104. The quantitative estimate of drug-likeness (QED) is 0.489. The average Bonchev–Trinajstić information content (AvgIpc) is 3.29. The summed E-state index contributed by atoms with van der Waals surface area (Å²) in [6.07, 6.45) is 3.35. The minimum atomic E-state index is -0.548. The van der Waals surface area contributed by atoms with Crippen LogP contribution in [-0.2, 0) is 0 Å². The Hall–Kier alpha value is -3.10. The van der Waals surface area contributed by atoms with E-state index in [9.17, 15) is 14.3 Å². The van der Waals surface area contributed by atoms with Crippen LogP contribution in [-0.4, -0.2) is 34.9 Å². The van der Waals surface area contributed by atoms with E-state index in [1.165, 1.54) is 22.8 Å². The summed E-state index contributed by atoms with van der Waals surface area (Å²) in [6, 6.07) is 10.2. The predicted molar refractivity (Wildman–Crippen MR) is 115 cm³/mol. The fourth-order valence-corrected chi connectivity index (χ4v) is 4.11. The summed E-state index contributed by atoms with van der Waals surface area (Å²) in [6.45, 7) is -0.537. The van der Waals surface area contributed by atoms with Gasteiger partial charge in [0.2, 0.25) is 0 Å². The first kappa shape index (κ1) is 20.2. The maximum atomic E-state index is 12.8. The monoisotopic (exact) mass is 446 g/mol. The second kappa shape index (κ2) is 8.33. The third-order valence-corrected chi connectivity index (χ3v) is 5.64. The molecule has 0 saturated heterocycles. The third kappa shape index (κ3) is 3.83. The van der Waals surface area contributed by atoms with Gasteiger partial charge in [-0.25, -0.2) is 9.37 Å². The number of hydrogen-bond acceptors (Lipinski definition) is 6. The molecule has 4 rings (SSSR count). The first-order valence-corrected chi connectivity index (χ1v) is 10.1. The number of alkyl halides is 1. The summed E-state index contributed by atoms with van der Waals surface area (Å²) in [4.78, 5) is 17.9. The second-order valence-electron chi connectivity index (χ2n) is 6.31. The molecule has 30 heavy (non-hydrogen) atoms. The highest BCUT2D eigenvalue weighted by molar-refractivity contribution is 7.15. The fraction of sp³-hybridized carbons (Fsp3) is 0.143. The van der Waals surface area contributed by atoms with Crippen LogP contribution < -0.4 is 19.6 Å². The number of imidazole rings is 1. The number of hydrogen-bond donors (Lipinski definition) is 1. The molecule has 2 aromatic carbocycles. The van der Waals surface area contributed by atoms with Crippen LogP contribution in [0.5, 0.6) is 17.2 Å². The lowest BCUT2D eigenvalue weighted by atomic mass is 10.2. The van der Waals surface area contributed by atoms with Gasteiger partial charge in [0.1, 0.15) is 19.0 Å². The summed E-state index contributed by atoms with van der Waals surface area (Å²) in [5.74, 6) is 0.649. The van der Waals surface area contributed by atoms with Crippen LogP contribution in [0.3, 0.4) is 0 Å². The molecule has 0 saturated carbocycles. The number of aromatic hydroxyl groups is 1. The smallest absolute Gasteiger partial charge is 0.274 e. The number of nitrogens with zero attached hydrogens (tertiary/aromatic N) is 2. The summed E-state index contributed by atoms with van der Waals surface area (Å²) in [5.41, 5.74) is 1.88. The third-order valence-electron chi connectivity index (χ3n) is 4.37. The predicted octanol–water partition coefficient (Wildman–Crippen LogP) is 3.69. The highest BCUT2D eigenvalue weighted by atomic mass is 35.5. The summed E-state index contributed by atoms with van der Waals surface area (Å²) in [5, 5.41) is 9.99. The molecule has 1 N–H and O–H groups in total. The number of rotatable bonds is 6. The standard InChI is InChI=1S/C21H16ClFN2O4S/c1-28-17-9-12(8-15(22)19(17)26)10-18-20(27)25-11-16(24-21(25)30-18)13-2-4-14(5-3-13)29-7-6-23/h2-5,8-11,26H,6-7H2,1H3.